The van der Waals surface area contributed by atoms with Crippen molar-refractivity contribution in [2.24, 2.45) is 0 Å². The molecule has 5 aromatic rings. The Morgan fingerprint density at radius 2 is 1.05 bits per heavy atom. The van der Waals surface area contributed by atoms with Gasteiger partial charge in [-0.1, -0.05) is 101 Å². The first-order valence-corrected chi connectivity index (χ1v) is 14.4. The maximum absolute atomic E-state index is 13.6. The van der Waals surface area contributed by atoms with Crippen LogP contribution in [0.15, 0.2) is 54.6 Å². The van der Waals surface area contributed by atoms with Crippen molar-refractivity contribution in [2.75, 3.05) is 12.3 Å². The molecule has 0 saturated heterocycles. The van der Waals surface area contributed by atoms with E-state index in [0.29, 0.717) is 17.7 Å². The number of anilines is 1. The second-order valence-electron chi connectivity index (χ2n) is 10.9. The fourth-order valence-electron chi connectivity index (χ4n) is 6.52. The van der Waals surface area contributed by atoms with E-state index in [-0.39, 0.29) is 11.8 Å². The van der Waals surface area contributed by atoms with Crippen LogP contribution in [0, 0.1) is 0 Å². The SMILES string of the molecule is CCCCCCCCCCCCN1C(=O)c2ccc3c4cccc5c(N)ccc(c6ccc(c2c36)C1=O)c54. The van der Waals surface area contributed by atoms with Crippen LogP contribution in [0.25, 0.3) is 43.1 Å². The minimum Gasteiger partial charge on any atom is -0.398 e. The molecular weight excluding hydrogens is 468 g/mol. The number of rotatable bonds is 11. The van der Waals surface area contributed by atoms with E-state index in [1.165, 1.54) is 56.3 Å². The molecule has 4 heteroatoms. The number of fused-ring (bicyclic) bond motifs is 2. The molecule has 0 radical (unpaired) electrons. The Labute approximate surface area is 224 Å². The highest BCUT2D eigenvalue weighted by Crippen LogP contribution is 2.44. The summed E-state index contributed by atoms with van der Waals surface area (Å²) in [5, 5.41) is 8.32. The van der Waals surface area contributed by atoms with Crippen LogP contribution in [0.1, 0.15) is 91.8 Å². The quantitative estimate of drug-likeness (QED) is 0.0642. The lowest BCUT2D eigenvalue weighted by atomic mass is 9.84. The summed E-state index contributed by atoms with van der Waals surface area (Å²) in [5.41, 5.74) is 8.35. The zero-order chi connectivity index (χ0) is 26.2. The van der Waals surface area contributed by atoms with Gasteiger partial charge in [0.05, 0.1) is 0 Å². The molecule has 0 fully saturated rings. The van der Waals surface area contributed by atoms with Crippen LogP contribution in [-0.4, -0.2) is 23.3 Å². The molecule has 38 heavy (non-hydrogen) atoms. The molecule has 2 amide bonds. The number of carbonyl (C=O) groups excluding carboxylic acids is 2. The van der Waals surface area contributed by atoms with E-state index >= 15 is 0 Å². The van der Waals surface area contributed by atoms with Gasteiger partial charge in [0.1, 0.15) is 0 Å². The zero-order valence-corrected chi connectivity index (χ0v) is 22.3. The lowest BCUT2D eigenvalue weighted by Gasteiger charge is -2.28. The number of carbonyl (C=O) groups is 2. The third-order valence-electron chi connectivity index (χ3n) is 8.50. The molecule has 0 saturated carbocycles. The van der Waals surface area contributed by atoms with E-state index < -0.39 is 0 Å². The molecule has 0 bridgehead atoms. The predicted molar refractivity (Wildman–Crippen MR) is 159 cm³/mol. The minimum absolute atomic E-state index is 0.163. The topological polar surface area (TPSA) is 63.4 Å². The van der Waals surface area contributed by atoms with Crippen LogP contribution in [-0.2, 0) is 0 Å². The van der Waals surface area contributed by atoms with Crippen molar-refractivity contribution in [1.29, 1.82) is 0 Å². The van der Waals surface area contributed by atoms with Gasteiger partial charge in [0.25, 0.3) is 11.8 Å². The number of amides is 2. The van der Waals surface area contributed by atoms with Crippen molar-refractivity contribution in [3.8, 4) is 0 Å². The Bertz CT molecular complexity index is 1600. The lowest BCUT2D eigenvalue weighted by molar-refractivity contribution is 0.0608. The van der Waals surface area contributed by atoms with Crippen molar-refractivity contribution in [1.82, 2.24) is 4.90 Å². The largest absolute Gasteiger partial charge is 0.398 e. The summed E-state index contributed by atoms with van der Waals surface area (Å²) in [5.74, 6) is -0.327. The van der Waals surface area contributed by atoms with Gasteiger partial charge in [0.15, 0.2) is 0 Å². The van der Waals surface area contributed by atoms with Crippen LogP contribution < -0.4 is 5.73 Å². The molecule has 1 aliphatic rings. The highest BCUT2D eigenvalue weighted by molar-refractivity contribution is 6.38. The molecule has 1 heterocycles. The average Bonchev–Trinajstić information content (AvgIpc) is 2.94. The number of hydrogen-bond acceptors (Lipinski definition) is 3. The maximum Gasteiger partial charge on any atom is 0.261 e. The molecule has 2 N–H and O–H groups in total. The second-order valence-corrected chi connectivity index (χ2v) is 10.9. The van der Waals surface area contributed by atoms with Crippen molar-refractivity contribution in [2.45, 2.75) is 71.1 Å². The standard InChI is InChI=1S/C34H36N2O2/c1-2-3-4-5-6-7-8-9-10-11-21-36-33(37)27-17-15-24-22-13-12-14-26-29(35)20-19-23(30(22)26)25-16-18-28(34(36)38)32(27)31(24)25/h12-20H,2-11,21,35H2,1H3. The molecule has 0 aliphatic carbocycles. The van der Waals surface area contributed by atoms with Gasteiger partial charge in [0.2, 0.25) is 0 Å². The molecule has 0 spiro atoms. The third-order valence-corrected chi connectivity index (χ3v) is 8.50. The van der Waals surface area contributed by atoms with E-state index in [1.54, 1.807) is 0 Å². The van der Waals surface area contributed by atoms with Crippen LogP contribution in [0.4, 0.5) is 5.69 Å². The fourth-order valence-corrected chi connectivity index (χ4v) is 6.52. The third kappa shape index (κ3) is 3.98. The Morgan fingerprint density at radius 1 is 0.553 bits per heavy atom. The van der Waals surface area contributed by atoms with Crippen LogP contribution in [0.3, 0.4) is 0 Å². The number of imide groups is 1. The number of unbranched alkanes of at least 4 members (excludes halogenated alkanes) is 9. The smallest absolute Gasteiger partial charge is 0.261 e. The molecule has 4 nitrogen and oxygen atoms in total. The minimum atomic E-state index is -0.163. The van der Waals surface area contributed by atoms with Gasteiger partial charge >= 0.3 is 0 Å². The van der Waals surface area contributed by atoms with E-state index in [9.17, 15) is 9.59 Å². The number of benzene rings is 5. The van der Waals surface area contributed by atoms with Crippen molar-refractivity contribution in [3.05, 3.63) is 65.7 Å². The monoisotopic (exact) mass is 504 g/mol. The molecule has 0 unspecified atom stereocenters. The van der Waals surface area contributed by atoms with Crippen LogP contribution in [0.2, 0.25) is 0 Å². The van der Waals surface area contributed by atoms with E-state index in [4.69, 9.17) is 5.73 Å². The summed E-state index contributed by atoms with van der Waals surface area (Å²) >= 11 is 0. The summed E-state index contributed by atoms with van der Waals surface area (Å²) in [7, 11) is 0. The zero-order valence-electron chi connectivity index (χ0n) is 22.3. The van der Waals surface area contributed by atoms with Crippen LogP contribution >= 0.6 is 0 Å². The number of nitrogens with two attached hydrogens (primary N) is 1. The number of hydrogen-bond donors (Lipinski definition) is 1. The van der Waals surface area contributed by atoms with Crippen molar-refractivity contribution in [3.63, 3.8) is 0 Å². The Balaban J connectivity index is 1.26. The van der Waals surface area contributed by atoms with E-state index in [2.05, 4.69) is 37.3 Å². The summed E-state index contributed by atoms with van der Waals surface area (Å²) in [4.78, 5) is 28.7. The van der Waals surface area contributed by atoms with E-state index in [1.807, 2.05) is 24.3 Å². The number of nitrogen functional groups attached to an aromatic ring is 1. The normalized spacial score (nSPS) is 13.7. The Hall–Kier alpha value is -3.66. The molecule has 6 rings (SSSR count). The van der Waals surface area contributed by atoms with Gasteiger partial charge in [-0.15, -0.1) is 0 Å². The van der Waals surface area contributed by atoms with Crippen molar-refractivity contribution < 1.29 is 9.59 Å². The lowest BCUT2D eigenvalue weighted by Crippen LogP contribution is -2.40. The molecule has 0 atom stereocenters. The van der Waals surface area contributed by atoms with Gasteiger partial charge < -0.3 is 5.73 Å². The van der Waals surface area contributed by atoms with Gasteiger partial charge in [0, 0.05) is 34.1 Å². The van der Waals surface area contributed by atoms with E-state index in [0.717, 1.165) is 61.6 Å². The summed E-state index contributed by atoms with van der Waals surface area (Å²) < 4.78 is 0. The molecular formula is C34H36N2O2. The summed E-state index contributed by atoms with van der Waals surface area (Å²) in [6.45, 7) is 2.74. The summed E-state index contributed by atoms with van der Waals surface area (Å²) in [6, 6.07) is 18.2. The first-order chi connectivity index (χ1) is 18.6. The first kappa shape index (κ1) is 24.7. The second kappa shape index (κ2) is 10.2. The van der Waals surface area contributed by atoms with Crippen LogP contribution in [0.5, 0.6) is 0 Å². The highest BCUT2D eigenvalue weighted by Gasteiger charge is 2.33. The Morgan fingerprint density at radius 3 is 1.68 bits per heavy atom. The average molecular weight is 505 g/mol. The van der Waals surface area contributed by atoms with Gasteiger partial charge in [-0.3, -0.25) is 14.5 Å². The maximum atomic E-state index is 13.6. The highest BCUT2D eigenvalue weighted by atomic mass is 16.2. The molecule has 0 aromatic heterocycles. The predicted octanol–water partition coefficient (Wildman–Crippen LogP) is 8.84. The fraction of sp³-hybridized carbons (Fsp3) is 0.353. The first-order valence-electron chi connectivity index (χ1n) is 14.4. The van der Waals surface area contributed by atoms with Gasteiger partial charge in [-0.05, 0) is 56.9 Å². The van der Waals surface area contributed by atoms with Gasteiger partial charge in [-0.2, -0.15) is 0 Å². The molecule has 1 aliphatic heterocycles. The molecule has 5 aromatic carbocycles. The Kier molecular flexibility index (Phi) is 6.65. The summed E-state index contributed by atoms with van der Waals surface area (Å²) in [6.07, 6.45) is 12.2. The molecule has 194 valence electrons. The van der Waals surface area contributed by atoms with Gasteiger partial charge in [-0.25, -0.2) is 0 Å². The van der Waals surface area contributed by atoms with Crippen molar-refractivity contribution >= 4 is 60.6 Å². The number of nitrogens with zero attached hydrogens (tertiary/aromatic N) is 1.